The fraction of sp³-hybridized carbons (Fsp3) is 0.565. The fourth-order valence-electron chi connectivity index (χ4n) is 5.25. The van der Waals surface area contributed by atoms with Crippen LogP contribution in [0.3, 0.4) is 0 Å². The first-order valence-electron chi connectivity index (χ1n) is 11.4. The van der Waals surface area contributed by atoms with Crippen LogP contribution in [0.2, 0.25) is 5.02 Å². The molecule has 1 aromatic carbocycles. The molecule has 32 heavy (non-hydrogen) atoms. The number of carboxylic acids is 1. The number of nitrogens with zero attached hydrogens (tertiary/aromatic N) is 5. The maximum absolute atomic E-state index is 11.1. The first-order valence-corrected chi connectivity index (χ1v) is 11.8. The number of ether oxygens (including phenoxy) is 1. The molecule has 0 unspecified atom stereocenters. The smallest absolute Gasteiger partial charge is 0.356 e. The molecule has 3 saturated heterocycles. The van der Waals surface area contributed by atoms with Crippen molar-refractivity contribution in [2.24, 2.45) is 5.41 Å². The van der Waals surface area contributed by atoms with E-state index in [0.717, 1.165) is 76.9 Å². The van der Waals surface area contributed by atoms with Crippen LogP contribution < -0.4 is 9.91 Å². The van der Waals surface area contributed by atoms with Gasteiger partial charge in [0.15, 0.2) is 5.69 Å². The Morgan fingerprint density at radius 3 is 2.53 bits per heavy atom. The summed E-state index contributed by atoms with van der Waals surface area (Å²) in [5.41, 5.74) is 2.79. The highest BCUT2D eigenvalue weighted by molar-refractivity contribution is 6.31. The number of morpholine rings is 1. The lowest BCUT2D eigenvalue weighted by Crippen LogP contribution is -2.47. The molecule has 172 valence electrons. The molecule has 9 heteroatoms. The molecule has 5 rings (SSSR count). The zero-order chi connectivity index (χ0) is 22.1. The largest absolute Gasteiger partial charge is 0.476 e. The van der Waals surface area contributed by atoms with Crippen molar-refractivity contribution >= 4 is 23.3 Å². The molecule has 0 bridgehead atoms. The van der Waals surface area contributed by atoms with Crippen LogP contribution in [0, 0.1) is 5.41 Å². The van der Waals surface area contributed by atoms with Crippen molar-refractivity contribution in [2.75, 3.05) is 62.4 Å². The lowest BCUT2D eigenvalue weighted by Gasteiger charge is -2.40. The number of likely N-dealkylation sites (tertiary alicyclic amines) is 1. The SMILES string of the molecule is O=C(O)c1ccn(N2CCC3(CCN(Cc4ccc(N5CCOCC5)cc4Cl)C3)CC2)n1. The number of hydrogen-bond donors (Lipinski definition) is 1. The molecule has 1 N–H and O–H groups in total. The van der Waals surface area contributed by atoms with Gasteiger partial charge in [0.25, 0.3) is 0 Å². The summed E-state index contributed by atoms with van der Waals surface area (Å²) in [7, 11) is 0. The van der Waals surface area contributed by atoms with Crippen molar-refractivity contribution in [3.05, 3.63) is 46.7 Å². The van der Waals surface area contributed by atoms with Gasteiger partial charge < -0.3 is 14.7 Å². The number of hydrogen-bond acceptors (Lipinski definition) is 6. The van der Waals surface area contributed by atoms with E-state index in [1.807, 2.05) is 0 Å². The Balaban J connectivity index is 1.17. The molecule has 1 spiro atoms. The van der Waals surface area contributed by atoms with Crippen LogP contribution >= 0.6 is 11.6 Å². The van der Waals surface area contributed by atoms with Gasteiger partial charge in [0.2, 0.25) is 0 Å². The topological polar surface area (TPSA) is 74.1 Å². The van der Waals surface area contributed by atoms with Gasteiger partial charge in [-0.1, -0.05) is 17.7 Å². The maximum Gasteiger partial charge on any atom is 0.356 e. The van der Waals surface area contributed by atoms with Crippen LogP contribution in [0.4, 0.5) is 5.69 Å². The highest BCUT2D eigenvalue weighted by Crippen LogP contribution is 2.41. The average Bonchev–Trinajstić information content (AvgIpc) is 3.45. The van der Waals surface area contributed by atoms with Crippen LogP contribution in [0.5, 0.6) is 0 Å². The summed E-state index contributed by atoms with van der Waals surface area (Å²) < 4.78 is 5.45. The van der Waals surface area contributed by atoms with E-state index < -0.39 is 5.97 Å². The normalized spacial score (nSPS) is 21.4. The summed E-state index contributed by atoms with van der Waals surface area (Å²) >= 11 is 6.67. The van der Waals surface area contributed by atoms with Crippen LogP contribution in [0.15, 0.2) is 30.5 Å². The van der Waals surface area contributed by atoms with Crippen molar-refractivity contribution < 1.29 is 14.6 Å². The van der Waals surface area contributed by atoms with Crippen molar-refractivity contribution in [3.8, 4) is 0 Å². The molecule has 0 atom stereocenters. The molecule has 0 radical (unpaired) electrons. The molecule has 3 fully saturated rings. The van der Waals surface area contributed by atoms with Crippen molar-refractivity contribution in [1.29, 1.82) is 0 Å². The number of anilines is 1. The van der Waals surface area contributed by atoms with Crippen LogP contribution in [-0.2, 0) is 11.3 Å². The molecular weight excluding hydrogens is 430 g/mol. The first-order chi connectivity index (χ1) is 15.5. The third kappa shape index (κ3) is 4.44. The summed E-state index contributed by atoms with van der Waals surface area (Å²) in [6.45, 7) is 8.22. The Bertz CT molecular complexity index is 966. The number of rotatable bonds is 5. The van der Waals surface area contributed by atoms with Gasteiger partial charge in [-0.3, -0.25) is 9.91 Å². The Morgan fingerprint density at radius 2 is 1.84 bits per heavy atom. The quantitative estimate of drug-likeness (QED) is 0.736. The van der Waals surface area contributed by atoms with Crippen molar-refractivity contribution in [2.45, 2.75) is 25.8 Å². The first kappa shape index (κ1) is 21.6. The third-order valence-electron chi connectivity index (χ3n) is 7.21. The maximum atomic E-state index is 11.1. The monoisotopic (exact) mass is 459 g/mol. The predicted molar refractivity (Wildman–Crippen MR) is 123 cm³/mol. The summed E-state index contributed by atoms with van der Waals surface area (Å²) in [4.78, 5) is 17.6. The minimum absolute atomic E-state index is 0.0915. The summed E-state index contributed by atoms with van der Waals surface area (Å²) in [6, 6.07) is 8.02. The Labute approximate surface area is 193 Å². The number of benzene rings is 1. The summed E-state index contributed by atoms with van der Waals surface area (Å²) in [5.74, 6) is -0.986. The third-order valence-corrected chi connectivity index (χ3v) is 7.56. The van der Waals surface area contributed by atoms with Gasteiger partial charge in [0, 0.05) is 56.2 Å². The van der Waals surface area contributed by atoms with Crippen molar-refractivity contribution in [1.82, 2.24) is 14.8 Å². The van der Waals surface area contributed by atoms with E-state index in [1.165, 1.54) is 17.7 Å². The van der Waals surface area contributed by atoms with Crippen molar-refractivity contribution in [3.63, 3.8) is 0 Å². The fourth-order valence-corrected chi connectivity index (χ4v) is 5.49. The van der Waals surface area contributed by atoms with Gasteiger partial charge in [0.05, 0.1) is 13.2 Å². The second-order valence-corrected chi connectivity index (χ2v) is 9.62. The number of aromatic nitrogens is 2. The van der Waals surface area contributed by atoms with E-state index in [1.54, 1.807) is 17.1 Å². The Hall–Kier alpha value is -2.29. The van der Waals surface area contributed by atoms with Gasteiger partial charge in [-0.05, 0) is 55.0 Å². The molecule has 1 aromatic heterocycles. The number of aromatic carboxylic acids is 1. The number of piperidine rings is 1. The van der Waals surface area contributed by atoms with Crippen LogP contribution in [-0.4, -0.2) is 78.3 Å². The minimum Gasteiger partial charge on any atom is -0.476 e. The predicted octanol–water partition coefficient (Wildman–Crippen LogP) is 2.70. The molecule has 8 nitrogen and oxygen atoms in total. The van der Waals surface area contributed by atoms with E-state index in [2.05, 4.69) is 38.1 Å². The molecule has 0 aliphatic carbocycles. The Morgan fingerprint density at radius 1 is 1.09 bits per heavy atom. The van der Waals surface area contributed by atoms with Crippen LogP contribution in [0.25, 0.3) is 0 Å². The highest BCUT2D eigenvalue weighted by Gasteiger charge is 2.40. The highest BCUT2D eigenvalue weighted by atomic mass is 35.5. The second kappa shape index (κ2) is 8.92. The lowest BCUT2D eigenvalue weighted by atomic mass is 9.78. The average molecular weight is 460 g/mol. The molecule has 2 aromatic rings. The second-order valence-electron chi connectivity index (χ2n) is 9.22. The summed E-state index contributed by atoms with van der Waals surface area (Å²) in [5, 5.41) is 16.3. The Kier molecular flexibility index (Phi) is 6.01. The number of halogens is 1. The van der Waals surface area contributed by atoms with E-state index in [-0.39, 0.29) is 5.69 Å². The zero-order valence-electron chi connectivity index (χ0n) is 18.2. The van der Waals surface area contributed by atoms with E-state index >= 15 is 0 Å². The lowest BCUT2D eigenvalue weighted by molar-refractivity contribution is 0.0689. The molecule has 0 amide bonds. The molecule has 4 heterocycles. The van der Waals surface area contributed by atoms with Gasteiger partial charge in [-0.2, -0.15) is 4.79 Å². The summed E-state index contributed by atoms with van der Waals surface area (Å²) in [6.07, 6.45) is 5.12. The van der Waals surface area contributed by atoms with Gasteiger partial charge in [-0.25, -0.2) is 4.79 Å². The van der Waals surface area contributed by atoms with E-state index in [0.29, 0.717) is 5.41 Å². The zero-order valence-corrected chi connectivity index (χ0v) is 19.0. The molecule has 3 aliphatic rings. The van der Waals surface area contributed by atoms with Gasteiger partial charge >= 0.3 is 5.97 Å². The number of carbonyl (C=O) groups is 1. The van der Waals surface area contributed by atoms with Crippen LogP contribution in [0.1, 0.15) is 35.3 Å². The van der Waals surface area contributed by atoms with E-state index in [9.17, 15) is 4.79 Å². The molecule has 0 saturated carbocycles. The molecule has 3 aliphatic heterocycles. The van der Waals surface area contributed by atoms with Gasteiger partial charge in [0.1, 0.15) is 0 Å². The van der Waals surface area contributed by atoms with Gasteiger partial charge in [-0.15, -0.1) is 5.10 Å². The number of carboxylic acid groups (broad SMARTS) is 1. The van der Waals surface area contributed by atoms with E-state index in [4.69, 9.17) is 21.4 Å². The molecular formula is C23H30ClN5O3. The minimum atomic E-state index is -0.986. The standard InChI is InChI=1S/C23H30ClN5O3/c24-20-15-19(27-11-13-32-14-12-27)2-1-18(20)16-26-8-4-23(17-26)5-9-28(10-6-23)29-7-3-21(25-29)22(30)31/h1-3,7,15H,4-6,8-14,16-17H2,(H,30,31).